The fraction of sp³-hybridized carbons (Fsp3) is 0.208. The van der Waals surface area contributed by atoms with Crippen molar-refractivity contribution in [2.45, 2.75) is 19.9 Å². The van der Waals surface area contributed by atoms with Gasteiger partial charge in [-0.25, -0.2) is 4.79 Å². The van der Waals surface area contributed by atoms with E-state index in [9.17, 15) is 4.79 Å². The molecule has 0 atom stereocenters. The summed E-state index contributed by atoms with van der Waals surface area (Å²) in [6.07, 6.45) is 0.964. The number of anilines is 1. The van der Waals surface area contributed by atoms with Crippen molar-refractivity contribution in [2.24, 2.45) is 0 Å². The van der Waals surface area contributed by atoms with Gasteiger partial charge in [0.15, 0.2) is 0 Å². The van der Waals surface area contributed by atoms with E-state index in [2.05, 4.69) is 34.9 Å². The molecule has 148 valence electrons. The summed E-state index contributed by atoms with van der Waals surface area (Å²) in [6, 6.07) is 19.9. The molecule has 0 saturated carbocycles. The van der Waals surface area contributed by atoms with Gasteiger partial charge >= 0.3 is 6.03 Å². The minimum Gasteiger partial charge on any atom is -0.495 e. The van der Waals surface area contributed by atoms with Crippen LogP contribution in [0.15, 0.2) is 60.7 Å². The third-order valence-corrected chi connectivity index (χ3v) is 5.12. The molecule has 5 heteroatoms. The van der Waals surface area contributed by atoms with Crippen molar-refractivity contribution in [1.29, 1.82) is 0 Å². The van der Waals surface area contributed by atoms with Crippen LogP contribution in [0.2, 0.25) is 0 Å². The van der Waals surface area contributed by atoms with E-state index < -0.39 is 0 Å². The van der Waals surface area contributed by atoms with E-state index >= 15 is 0 Å². The van der Waals surface area contributed by atoms with Gasteiger partial charge in [-0.3, -0.25) is 0 Å². The summed E-state index contributed by atoms with van der Waals surface area (Å²) < 4.78 is 10.9. The highest BCUT2D eigenvalue weighted by molar-refractivity contribution is 5.91. The first kappa shape index (κ1) is 18.9. The molecule has 1 aliphatic rings. The number of aryl methyl sites for hydroxylation is 1. The number of hydrogen-bond acceptors (Lipinski definition) is 3. The average molecular weight is 388 g/mol. The largest absolute Gasteiger partial charge is 0.495 e. The fourth-order valence-electron chi connectivity index (χ4n) is 3.49. The molecule has 1 aliphatic heterocycles. The van der Waals surface area contributed by atoms with Crippen molar-refractivity contribution >= 4 is 11.7 Å². The minimum atomic E-state index is -0.264. The van der Waals surface area contributed by atoms with Gasteiger partial charge < -0.3 is 20.1 Å². The van der Waals surface area contributed by atoms with Crippen LogP contribution in [-0.4, -0.2) is 19.7 Å². The predicted molar refractivity (Wildman–Crippen MR) is 115 cm³/mol. The summed E-state index contributed by atoms with van der Waals surface area (Å²) in [5.41, 5.74) is 6.25. The van der Waals surface area contributed by atoms with Crippen LogP contribution in [0.4, 0.5) is 10.5 Å². The lowest BCUT2D eigenvalue weighted by molar-refractivity contribution is 0.251. The summed E-state index contributed by atoms with van der Waals surface area (Å²) in [5, 5.41) is 5.77. The summed E-state index contributed by atoms with van der Waals surface area (Å²) in [7, 11) is 1.59. The van der Waals surface area contributed by atoms with Crippen LogP contribution in [0.25, 0.3) is 11.1 Å². The van der Waals surface area contributed by atoms with Crippen LogP contribution in [-0.2, 0) is 13.0 Å². The fourth-order valence-corrected chi connectivity index (χ4v) is 3.49. The topological polar surface area (TPSA) is 59.6 Å². The van der Waals surface area contributed by atoms with E-state index in [0.29, 0.717) is 18.0 Å². The van der Waals surface area contributed by atoms with Crippen LogP contribution in [0.1, 0.15) is 16.7 Å². The summed E-state index contributed by atoms with van der Waals surface area (Å²) >= 11 is 0. The van der Waals surface area contributed by atoms with Crippen LogP contribution in [0, 0.1) is 6.92 Å². The van der Waals surface area contributed by atoms with E-state index in [-0.39, 0.29) is 6.03 Å². The molecule has 0 saturated heterocycles. The summed E-state index contributed by atoms with van der Waals surface area (Å²) in [6.45, 7) is 3.14. The number of carbonyl (C=O) groups excluding carboxylic acids is 1. The number of hydrogen-bond donors (Lipinski definition) is 2. The van der Waals surface area contributed by atoms with Crippen LogP contribution >= 0.6 is 0 Å². The van der Waals surface area contributed by atoms with E-state index in [1.807, 2.05) is 43.3 Å². The molecule has 29 heavy (non-hydrogen) atoms. The predicted octanol–water partition coefficient (Wildman–Crippen LogP) is 4.93. The van der Waals surface area contributed by atoms with Crippen molar-refractivity contribution < 1.29 is 14.3 Å². The Morgan fingerprint density at radius 2 is 1.86 bits per heavy atom. The molecule has 0 aliphatic carbocycles. The van der Waals surface area contributed by atoms with Crippen molar-refractivity contribution in [2.75, 3.05) is 19.0 Å². The van der Waals surface area contributed by atoms with Gasteiger partial charge in [0.05, 0.1) is 19.4 Å². The second-order valence-corrected chi connectivity index (χ2v) is 7.08. The Morgan fingerprint density at radius 3 is 2.66 bits per heavy atom. The second-order valence-electron chi connectivity index (χ2n) is 7.08. The van der Waals surface area contributed by atoms with E-state index in [1.165, 1.54) is 11.1 Å². The third-order valence-electron chi connectivity index (χ3n) is 5.12. The molecule has 5 nitrogen and oxygen atoms in total. The summed E-state index contributed by atoms with van der Waals surface area (Å²) in [4.78, 5) is 12.3. The second kappa shape index (κ2) is 8.27. The Hall–Kier alpha value is -3.47. The van der Waals surface area contributed by atoms with E-state index in [4.69, 9.17) is 9.47 Å². The van der Waals surface area contributed by atoms with Gasteiger partial charge in [0.1, 0.15) is 11.5 Å². The van der Waals surface area contributed by atoms with Gasteiger partial charge in [-0.2, -0.15) is 0 Å². The highest BCUT2D eigenvalue weighted by atomic mass is 16.5. The maximum Gasteiger partial charge on any atom is 0.319 e. The Morgan fingerprint density at radius 1 is 1.07 bits per heavy atom. The molecular weight excluding hydrogens is 364 g/mol. The molecule has 1 heterocycles. The third kappa shape index (κ3) is 4.19. The van der Waals surface area contributed by atoms with Crippen molar-refractivity contribution in [3.05, 3.63) is 77.4 Å². The normalized spacial score (nSPS) is 12.1. The monoisotopic (exact) mass is 388 g/mol. The molecule has 0 bridgehead atoms. The summed E-state index contributed by atoms with van der Waals surface area (Å²) in [5.74, 6) is 1.63. The molecule has 0 radical (unpaired) electrons. The quantitative estimate of drug-likeness (QED) is 0.652. The number of para-hydroxylation sites is 1. The van der Waals surface area contributed by atoms with Crippen molar-refractivity contribution in [1.82, 2.24) is 5.32 Å². The number of amides is 2. The Balaban J connectivity index is 1.38. The highest BCUT2D eigenvalue weighted by Crippen LogP contribution is 2.30. The number of rotatable bonds is 5. The Bertz CT molecular complexity index is 1030. The Labute approximate surface area is 170 Å². The zero-order valence-corrected chi connectivity index (χ0v) is 16.6. The maximum absolute atomic E-state index is 12.3. The number of nitrogens with one attached hydrogen (secondary N) is 2. The van der Waals surface area contributed by atoms with Gasteiger partial charge in [-0.1, -0.05) is 42.5 Å². The molecule has 2 amide bonds. The average Bonchev–Trinajstić information content (AvgIpc) is 3.22. The van der Waals surface area contributed by atoms with Gasteiger partial charge in [0, 0.05) is 13.0 Å². The molecular formula is C24H24N2O3. The SMILES string of the molecule is COc1cccc(C)c1NC(=O)NCc1ccc(-c2ccc3c(c2)CCO3)cc1. The molecule has 4 rings (SSSR count). The first-order chi connectivity index (χ1) is 14.1. The lowest BCUT2D eigenvalue weighted by Gasteiger charge is -2.13. The number of methoxy groups -OCH3 is 1. The maximum atomic E-state index is 12.3. The van der Waals surface area contributed by atoms with Gasteiger partial charge in [0.25, 0.3) is 0 Å². The van der Waals surface area contributed by atoms with E-state index in [0.717, 1.165) is 35.5 Å². The van der Waals surface area contributed by atoms with Crippen LogP contribution in [0.5, 0.6) is 11.5 Å². The molecule has 0 spiro atoms. The van der Waals surface area contributed by atoms with Crippen molar-refractivity contribution in [3.8, 4) is 22.6 Å². The number of ether oxygens (including phenoxy) is 2. The first-order valence-corrected chi connectivity index (χ1v) is 9.67. The number of benzene rings is 3. The zero-order chi connectivity index (χ0) is 20.2. The van der Waals surface area contributed by atoms with Gasteiger partial charge in [-0.05, 0) is 52.9 Å². The molecule has 0 unspecified atom stereocenters. The standard InChI is InChI=1S/C24H24N2O3/c1-16-4-3-5-22(28-2)23(16)26-24(27)25-15-17-6-8-18(9-7-17)19-10-11-21-20(14-19)12-13-29-21/h3-11,14H,12-13,15H2,1-2H3,(H2,25,26,27). The lowest BCUT2D eigenvalue weighted by Crippen LogP contribution is -2.28. The molecule has 2 N–H and O–H groups in total. The number of urea groups is 1. The van der Waals surface area contributed by atoms with Crippen LogP contribution in [0.3, 0.4) is 0 Å². The zero-order valence-electron chi connectivity index (χ0n) is 16.6. The van der Waals surface area contributed by atoms with Crippen LogP contribution < -0.4 is 20.1 Å². The van der Waals surface area contributed by atoms with Gasteiger partial charge in [-0.15, -0.1) is 0 Å². The molecule has 0 aromatic heterocycles. The van der Waals surface area contributed by atoms with Gasteiger partial charge in [0.2, 0.25) is 0 Å². The highest BCUT2D eigenvalue weighted by Gasteiger charge is 2.13. The first-order valence-electron chi connectivity index (χ1n) is 9.67. The van der Waals surface area contributed by atoms with Crippen molar-refractivity contribution in [3.63, 3.8) is 0 Å². The molecule has 3 aromatic rings. The molecule has 3 aromatic carbocycles. The lowest BCUT2D eigenvalue weighted by atomic mass is 10.0. The smallest absolute Gasteiger partial charge is 0.319 e. The Kier molecular flexibility index (Phi) is 5.38. The number of carbonyl (C=O) groups is 1. The van der Waals surface area contributed by atoms with E-state index in [1.54, 1.807) is 7.11 Å². The molecule has 0 fully saturated rings. The number of fused-ring (bicyclic) bond motifs is 1. The minimum absolute atomic E-state index is 0.264.